The Bertz CT molecular complexity index is 1040. The fourth-order valence-corrected chi connectivity index (χ4v) is 4.65. The van der Waals surface area contributed by atoms with Gasteiger partial charge in [0.2, 0.25) is 5.91 Å². The number of nitrogens with one attached hydrogen (secondary N) is 3. The van der Waals surface area contributed by atoms with Crippen molar-refractivity contribution >= 4 is 17.6 Å². The van der Waals surface area contributed by atoms with E-state index in [1.807, 2.05) is 50.2 Å². The Kier molecular flexibility index (Phi) is 11.9. The fraction of sp³-hybridized carbons (Fsp3) is 0.548. The molecule has 3 N–H and O–H groups in total. The number of carbonyl (C=O) groups excluding carboxylic acids is 2. The Balaban J connectivity index is 2.32. The summed E-state index contributed by atoms with van der Waals surface area (Å²) in [5, 5.41) is 8.91. The van der Waals surface area contributed by atoms with E-state index in [1.165, 1.54) is 0 Å². The summed E-state index contributed by atoms with van der Waals surface area (Å²) in [5.74, 6) is 1.37. The van der Waals surface area contributed by atoms with Crippen molar-refractivity contribution in [2.75, 3.05) is 19.5 Å². The average molecular weight is 526 g/mol. The molecule has 210 valence electrons. The van der Waals surface area contributed by atoms with Crippen LogP contribution < -0.4 is 25.4 Å². The molecular formula is C31H47N3O4. The molecule has 0 fully saturated rings. The van der Waals surface area contributed by atoms with Gasteiger partial charge in [-0.05, 0) is 60.9 Å². The molecule has 0 radical (unpaired) electrons. The van der Waals surface area contributed by atoms with E-state index in [0.717, 1.165) is 59.6 Å². The molecule has 0 aliphatic carbocycles. The summed E-state index contributed by atoms with van der Waals surface area (Å²) in [6, 6.07) is 11.6. The Hall–Kier alpha value is -3.22. The maximum atomic E-state index is 13.5. The van der Waals surface area contributed by atoms with Gasteiger partial charge in [0.25, 0.3) is 0 Å². The summed E-state index contributed by atoms with van der Waals surface area (Å²) in [4.78, 5) is 25.6. The van der Waals surface area contributed by atoms with Gasteiger partial charge in [0.05, 0.1) is 14.2 Å². The van der Waals surface area contributed by atoms with Crippen LogP contribution in [-0.2, 0) is 16.8 Å². The van der Waals surface area contributed by atoms with Crippen LogP contribution in [-0.4, -0.2) is 32.2 Å². The summed E-state index contributed by atoms with van der Waals surface area (Å²) in [6.07, 6.45) is 4.39. The number of urea groups is 1. The summed E-state index contributed by atoms with van der Waals surface area (Å²) in [7, 11) is 3.30. The van der Waals surface area contributed by atoms with Gasteiger partial charge in [-0.25, -0.2) is 4.79 Å². The lowest BCUT2D eigenvalue weighted by Gasteiger charge is -2.25. The van der Waals surface area contributed by atoms with E-state index >= 15 is 0 Å². The van der Waals surface area contributed by atoms with Crippen LogP contribution >= 0.6 is 0 Å². The van der Waals surface area contributed by atoms with Crippen molar-refractivity contribution in [1.29, 1.82) is 0 Å². The minimum absolute atomic E-state index is 0.0460. The third kappa shape index (κ3) is 9.26. The first-order chi connectivity index (χ1) is 18.0. The Morgan fingerprint density at radius 2 is 1.63 bits per heavy atom. The number of hydrogen-bond acceptors (Lipinski definition) is 4. The second-order valence-electron chi connectivity index (χ2n) is 11.1. The molecule has 0 saturated heterocycles. The first-order valence-electron chi connectivity index (χ1n) is 13.7. The number of methoxy groups -OCH3 is 2. The van der Waals surface area contributed by atoms with Crippen LogP contribution in [0.3, 0.4) is 0 Å². The Morgan fingerprint density at radius 1 is 0.974 bits per heavy atom. The van der Waals surface area contributed by atoms with Gasteiger partial charge in [-0.2, -0.15) is 0 Å². The van der Waals surface area contributed by atoms with Gasteiger partial charge in [-0.3, -0.25) is 4.79 Å². The second-order valence-corrected chi connectivity index (χ2v) is 11.1. The van der Waals surface area contributed by atoms with E-state index in [1.54, 1.807) is 14.2 Å². The first kappa shape index (κ1) is 31.0. The quantitative estimate of drug-likeness (QED) is 0.248. The van der Waals surface area contributed by atoms with Gasteiger partial charge in [-0.1, -0.05) is 65.2 Å². The van der Waals surface area contributed by atoms with Crippen LogP contribution in [0.5, 0.6) is 11.5 Å². The van der Waals surface area contributed by atoms with Crippen molar-refractivity contribution in [1.82, 2.24) is 10.6 Å². The zero-order valence-corrected chi connectivity index (χ0v) is 24.5. The van der Waals surface area contributed by atoms with Crippen molar-refractivity contribution in [2.45, 2.75) is 97.6 Å². The SMILES string of the molecule is CCCCCC(CC(=O)Nc1cc(CNC(=O)NC(C)C)ccc1C(C)(C)C)c1c(OC)cccc1OC. The normalized spacial score (nSPS) is 12.1. The van der Waals surface area contributed by atoms with Crippen molar-refractivity contribution in [3.63, 3.8) is 0 Å². The van der Waals surface area contributed by atoms with Crippen LogP contribution in [0.1, 0.15) is 96.3 Å². The maximum absolute atomic E-state index is 13.5. The second kappa shape index (κ2) is 14.6. The molecule has 0 aromatic heterocycles. The minimum atomic E-state index is -0.217. The zero-order valence-electron chi connectivity index (χ0n) is 24.5. The molecule has 1 atom stereocenters. The topological polar surface area (TPSA) is 88.7 Å². The molecule has 0 heterocycles. The lowest BCUT2D eigenvalue weighted by atomic mass is 9.84. The Morgan fingerprint density at radius 3 is 2.18 bits per heavy atom. The van der Waals surface area contributed by atoms with Gasteiger partial charge in [0.1, 0.15) is 11.5 Å². The first-order valence-corrected chi connectivity index (χ1v) is 13.7. The molecule has 0 bridgehead atoms. The number of benzene rings is 2. The monoisotopic (exact) mass is 525 g/mol. The van der Waals surface area contributed by atoms with Crippen LogP contribution in [0.4, 0.5) is 10.5 Å². The van der Waals surface area contributed by atoms with Crippen molar-refractivity contribution in [3.05, 3.63) is 53.1 Å². The van der Waals surface area contributed by atoms with Crippen LogP contribution in [0.25, 0.3) is 0 Å². The number of rotatable bonds is 13. The van der Waals surface area contributed by atoms with Gasteiger partial charge in [-0.15, -0.1) is 0 Å². The molecule has 3 amide bonds. The predicted molar refractivity (Wildman–Crippen MR) is 155 cm³/mol. The lowest BCUT2D eigenvalue weighted by molar-refractivity contribution is -0.116. The molecule has 2 aromatic carbocycles. The fourth-order valence-electron chi connectivity index (χ4n) is 4.65. The molecule has 1 unspecified atom stereocenters. The number of carbonyl (C=O) groups is 2. The third-order valence-corrected chi connectivity index (χ3v) is 6.50. The van der Waals surface area contributed by atoms with E-state index in [0.29, 0.717) is 13.0 Å². The highest BCUT2D eigenvalue weighted by molar-refractivity contribution is 5.92. The van der Waals surface area contributed by atoms with E-state index in [4.69, 9.17) is 9.47 Å². The van der Waals surface area contributed by atoms with Gasteiger partial charge < -0.3 is 25.4 Å². The zero-order chi connectivity index (χ0) is 28.3. The smallest absolute Gasteiger partial charge is 0.315 e. The molecule has 38 heavy (non-hydrogen) atoms. The molecule has 2 rings (SSSR count). The molecule has 7 nitrogen and oxygen atoms in total. The molecule has 0 aliphatic heterocycles. The van der Waals surface area contributed by atoms with Crippen molar-refractivity contribution < 1.29 is 19.1 Å². The molecule has 2 aromatic rings. The Labute approximate surface area is 229 Å². The molecule has 0 spiro atoms. The number of unbranched alkanes of at least 4 members (excludes halogenated alkanes) is 2. The van der Waals surface area contributed by atoms with E-state index < -0.39 is 0 Å². The number of hydrogen-bond donors (Lipinski definition) is 3. The molecule has 7 heteroatoms. The maximum Gasteiger partial charge on any atom is 0.315 e. The van der Waals surface area contributed by atoms with Gasteiger partial charge in [0.15, 0.2) is 0 Å². The van der Waals surface area contributed by atoms with E-state index in [-0.39, 0.29) is 29.3 Å². The van der Waals surface area contributed by atoms with Crippen LogP contribution in [0.15, 0.2) is 36.4 Å². The van der Waals surface area contributed by atoms with Crippen LogP contribution in [0.2, 0.25) is 0 Å². The standard InChI is InChI=1S/C31H47N3O4/c1-9-10-11-13-23(29-26(37-7)14-12-15-27(29)38-8)19-28(35)34-25-18-22(16-17-24(25)31(4,5)6)20-32-30(36)33-21(2)3/h12,14-18,21,23H,9-11,13,19-20H2,1-8H3,(H,34,35)(H2,32,33,36). The summed E-state index contributed by atoms with van der Waals surface area (Å²) >= 11 is 0. The summed E-state index contributed by atoms with van der Waals surface area (Å²) < 4.78 is 11.3. The summed E-state index contributed by atoms with van der Waals surface area (Å²) in [6.45, 7) is 12.7. The van der Waals surface area contributed by atoms with Crippen LogP contribution in [0, 0.1) is 0 Å². The average Bonchev–Trinajstić information content (AvgIpc) is 2.85. The van der Waals surface area contributed by atoms with Gasteiger partial charge >= 0.3 is 6.03 Å². The molecule has 0 saturated carbocycles. The predicted octanol–water partition coefficient (Wildman–Crippen LogP) is 6.90. The minimum Gasteiger partial charge on any atom is -0.496 e. The highest BCUT2D eigenvalue weighted by atomic mass is 16.5. The highest BCUT2D eigenvalue weighted by Crippen LogP contribution is 2.40. The molecule has 0 aliphatic rings. The van der Waals surface area contributed by atoms with E-state index in [2.05, 4.69) is 43.6 Å². The lowest BCUT2D eigenvalue weighted by Crippen LogP contribution is -2.39. The van der Waals surface area contributed by atoms with E-state index in [9.17, 15) is 9.59 Å². The van der Waals surface area contributed by atoms with Crippen molar-refractivity contribution in [2.24, 2.45) is 0 Å². The van der Waals surface area contributed by atoms with Crippen molar-refractivity contribution in [3.8, 4) is 11.5 Å². The third-order valence-electron chi connectivity index (χ3n) is 6.50. The summed E-state index contributed by atoms with van der Waals surface area (Å²) in [5.41, 5.74) is 3.49. The molecular weight excluding hydrogens is 478 g/mol. The number of amides is 3. The highest BCUT2D eigenvalue weighted by Gasteiger charge is 2.25. The number of anilines is 1. The number of ether oxygens (including phenoxy) is 2. The van der Waals surface area contributed by atoms with Gasteiger partial charge in [0, 0.05) is 30.3 Å². The largest absolute Gasteiger partial charge is 0.496 e.